The van der Waals surface area contributed by atoms with Crippen molar-refractivity contribution in [3.63, 3.8) is 0 Å². The molecule has 12 aromatic rings. The second-order valence-electron chi connectivity index (χ2n) is 15.5. The predicted octanol–water partition coefficient (Wildman–Crippen LogP) is 12.9. The molecule has 0 radical (unpaired) electrons. The topological polar surface area (TPSA) is 95.2 Å². The van der Waals surface area contributed by atoms with Crippen molar-refractivity contribution in [3.05, 3.63) is 207 Å². The Labute approximate surface area is 362 Å². The molecule has 0 amide bonds. The van der Waals surface area contributed by atoms with Gasteiger partial charge in [0.2, 0.25) is 0 Å². The fourth-order valence-electron chi connectivity index (χ4n) is 8.49. The van der Waals surface area contributed by atoms with Crippen LogP contribution in [0.4, 0.5) is 0 Å². The number of benzene rings is 6. The second kappa shape index (κ2) is 15.1. The number of fused-ring (bicyclic) bond motifs is 6. The van der Waals surface area contributed by atoms with E-state index in [2.05, 4.69) is 107 Å². The zero-order valence-electron chi connectivity index (χ0n) is 33.7. The molecule has 0 aliphatic rings. The number of nitrogens with zero attached hydrogens (tertiary/aromatic N) is 8. The van der Waals surface area contributed by atoms with E-state index in [1.54, 1.807) is 0 Å². The van der Waals surface area contributed by atoms with Crippen LogP contribution < -0.4 is 0 Å². The molecule has 63 heavy (non-hydrogen) atoms. The van der Waals surface area contributed by atoms with Crippen molar-refractivity contribution in [3.8, 4) is 73.5 Å². The molecule has 0 aliphatic heterocycles. The van der Waals surface area contributed by atoms with Gasteiger partial charge in [0.15, 0.2) is 17.5 Å². The normalized spacial score (nSPS) is 11.5. The molecule has 0 aliphatic carbocycles. The van der Waals surface area contributed by atoms with Crippen LogP contribution in [0.1, 0.15) is 0 Å². The van der Waals surface area contributed by atoms with Gasteiger partial charge in [0.05, 0.1) is 22.2 Å². The number of aromatic nitrogens is 8. The lowest BCUT2D eigenvalue weighted by Gasteiger charge is -2.13. The van der Waals surface area contributed by atoms with Gasteiger partial charge in [-0.1, -0.05) is 121 Å². The van der Waals surface area contributed by atoms with E-state index in [0.717, 1.165) is 99.8 Å². The minimum Gasteiger partial charge on any atom is -0.278 e. The van der Waals surface area contributed by atoms with E-state index in [9.17, 15) is 0 Å². The fraction of sp³-hybridized carbons (Fsp3) is 0. The third-order valence-corrected chi connectivity index (χ3v) is 11.6. The van der Waals surface area contributed by atoms with Gasteiger partial charge in [-0.05, 0) is 89.0 Å². The van der Waals surface area contributed by atoms with Crippen molar-refractivity contribution < 1.29 is 0 Å². The molecule has 0 fully saturated rings. The summed E-state index contributed by atoms with van der Waals surface area (Å²) in [6.07, 6.45) is 5.47. The average Bonchev–Trinajstić information content (AvgIpc) is 3.70. The third-order valence-electron chi connectivity index (χ3n) is 11.6. The number of hydrogen-bond acceptors (Lipinski definition) is 7. The molecule has 0 saturated carbocycles. The van der Waals surface area contributed by atoms with Gasteiger partial charge in [0, 0.05) is 62.4 Å². The monoisotopic (exact) mass is 806 g/mol. The lowest BCUT2D eigenvalue weighted by atomic mass is 9.94. The molecule has 0 N–H and O–H groups in total. The Hall–Kier alpha value is -8.75. The minimum absolute atomic E-state index is 0.584. The van der Waals surface area contributed by atoms with E-state index in [1.807, 2.05) is 110 Å². The molecule has 12 rings (SSSR count). The summed E-state index contributed by atoms with van der Waals surface area (Å²) >= 11 is 0. The molecule has 8 nitrogen and oxygen atoms in total. The van der Waals surface area contributed by atoms with Gasteiger partial charge in [0.1, 0.15) is 11.5 Å². The maximum Gasteiger partial charge on any atom is 0.164 e. The Kier molecular flexibility index (Phi) is 8.64. The maximum atomic E-state index is 5.14. The van der Waals surface area contributed by atoms with Crippen LogP contribution in [0.5, 0.6) is 0 Å². The van der Waals surface area contributed by atoms with Crippen molar-refractivity contribution in [2.75, 3.05) is 0 Å². The lowest BCUT2D eigenvalue weighted by molar-refractivity contribution is 1.06. The van der Waals surface area contributed by atoms with Gasteiger partial charge in [0.25, 0.3) is 0 Å². The van der Waals surface area contributed by atoms with Crippen molar-refractivity contribution >= 4 is 43.7 Å². The first-order chi connectivity index (χ1) is 31.2. The van der Waals surface area contributed by atoms with E-state index < -0.39 is 0 Å². The van der Waals surface area contributed by atoms with Crippen LogP contribution in [0.3, 0.4) is 0 Å². The SMILES string of the molecule is c1ccc(-c2nc(-c3ccccc3)nc(-c3cc(-c4ccc(-c5ccc6ccc7cccnc7c6n5)cc4)cc(-c4ccc5c(c4)c4cccnc4n5-c4ccccn4)c3)n2)cc1. The van der Waals surface area contributed by atoms with Gasteiger partial charge in [-0.25, -0.2) is 29.9 Å². The average molecular weight is 807 g/mol. The van der Waals surface area contributed by atoms with Gasteiger partial charge < -0.3 is 0 Å². The molecule has 8 heteroatoms. The fourth-order valence-corrected chi connectivity index (χ4v) is 8.49. The quantitative estimate of drug-likeness (QED) is 0.148. The highest BCUT2D eigenvalue weighted by atomic mass is 15.1. The predicted molar refractivity (Wildman–Crippen MR) is 253 cm³/mol. The first kappa shape index (κ1) is 36.1. The molecule has 0 bridgehead atoms. The highest BCUT2D eigenvalue weighted by Crippen LogP contribution is 2.38. The van der Waals surface area contributed by atoms with Gasteiger partial charge >= 0.3 is 0 Å². The molecule has 6 aromatic carbocycles. The zero-order chi connectivity index (χ0) is 41.7. The summed E-state index contributed by atoms with van der Waals surface area (Å²) in [6, 6.07) is 64.5. The van der Waals surface area contributed by atoms with E-state index in [-0.39, 0.29) is 0 Å². The van der Waals surface area contributed by atoms with Gasteiger partial charge in [-0.2, -0.15) is 0 Å². The zero-order valence-corrected chi connectivity index (χ0v) is 33.7. The molecule has 0 spiro atoms. The maximum absolute atomic E-state index is 5.14. The first-order valence-electron chi connectivity index (χ1n) is 20.8. The van der Waals surface area contributed by atoms with Crippen molar-refractivity contribution in [2.45, 2.75) is 0 Å². The largest absolute Gasteiger partial charge is 0.278 e. The van der Waals surface area contributed by atoms with Crippen LogP contribution in [-0.2, 0) is 0 Å². The Bertz CT molecular complexity index is 3610. The highest BCUT2D eigenvalue weighted by Gasteiger charge is 2.18. The molecule has 6 heterocycles. The Morgan fingerprint density at radius 3 is 1.63 bits per heavy atom. The third kappa shape index (κ3) is 6.54. The molecular weight excluding hydrogens is 773 g/mol. The number of pyridine rings is 4. The molecule has 0 saturated heterocycles. The van der Waals surface area contributed by atoms with Crippen molar-refractivity contribution in [1.29, 1.82) is 0 Å². The summed E-state index contributed by atoms with van der Waals surface area (Å²) in [7, 11) is 0. The van der Waals surface area contributed by atoms with Crippen molar-refractivity contribution in [1.82, 2.24) is 39.5 Å². The van der Waals surface area contributed by atoms with Gasteiger partial charge in [-0.15, -0.1) is 0 Å². The van der Waals surface area contributed by atoms with Crippen LogP contribution in [0, 0.1) is 0 Å². The van der Waals surface area contributed by atoms with Gasteiger partial charge in [-0.3, -0.25) is 9.55 Å². The van der Waals surface area contributed by atoms with Crippen molar-refractivity contribution in [2.24, 2.45) is 0 Å². The molecule has 294 valence electrons. The summed E-state index contributed by atoms with van der Waals surface area (Å²) in [4.78, 5) is 34.6. The van der Waals surface area contributed by atoms with E-state index in [4.69, 9.17) is 29.9 Å². The Balaban J connectivity index is 1.03. The number of rotatable bonds is 7. The Morgan fingerprint density at radius 1 is 0.317 bits per heavy atom. The number of hydrogen-bond donors (Lipinski definition) is 0. The molecule has 0 unspecified atom stereocenters. The van der Waals surface area contributed by atoms with Crippen LogP contribution >= 0.6 is 0 Å². The minimum atomic E-state index is 0.584. The highest BCUT2D eigenvalue weighted by molar-refractivity contribution is 6.09. The molecular formula is C55H34N8. The summed E-state index contributed by atoms with van der Waals surface area (Å²) < 4.78 is 2.13. The van der Waals surface area contributed by atoms with E-state index >= 15 is 0 Å². The summed E-state index contributed by atoms with van der Waals surface area (Å²) in [5, 5.41) is 4.27. The summed E-state index contributed by atoms with van der Waals surface area (Å²) in [5.74, 6) is 2.62. The summed E-state index contributed by atoms with van der Waals surface area (Å²) in [5.41, 5.74) is 12.4. The smallest absolute Gasteiger partial charge is 0.164 e. The van der Waals surface area contributed by atoms with Crippen LogP contribution in [-0.4, -0.2) is 39.5 Å². The standard InChI is InChI=1S/C55H34N8/c1-3-11-39(12-4-1)52-60-53(40-13-5-2-6-14-40)62-54(61-52)44-32-42(35-18-20-36(21-19-35)47-26-24-38-23-22-37-15-9-29-57-50(37)51(38)59-47)31-43(33-44)41-25-27-48-46(34-41)45-16-10-30-58-55(45)63(48)49-17-7-8-28-56-49/h1-34H. The van der Waals surface area contributed by atoms with E-state index in [1.165, 1.54) is 0 Å². The van der Waals surface area contributed by atoms with Crippen LogP contribution in [0.25, 0.3) is 117 Å². The molecule has 6 aromatic heterocycles. The van der Waals surface area contributed by atoms with E-state index in [0.29, 0.717) is 17.5 Å². The first-order valence-corrected chi connectivity index (χ1v) is 20.8. The van der Waals surface area contributed by atoms with Crippen LogP contribution in [0.2, 0.25) is 0 Å². The van der Waals surface area contributed by atoms with Crippen LogP contribution in [0.15, 0.2) is 207 Å². The second-order valence-corrected chi connectivity index (χ2v) is 15.5. The Morgan fingerprint density at radius 2 is 0.905 bits per heavy atom. The summed E-state index contributed by atoms with van der Waals surface area (Å²) in [6.45, 7) is 0. The lowest BCUT2D eigenvalue weighted by Crippen LogP contribution is -2.00. The molecule has 0 atom stereocenters.